The van der Waals surface area contributed by atoms with Crippen LogP contribution in [0.3, 0.4) is 0 Å². The molecular formula is C10H11ClN2O3. The van der Waals surface area contributed by atoms with Crippen LogP contribution in [0.15, 0.2) is 18.2 Å². The molecule has 0 bridgehead atoms. The van der Waals surface area contributed by atoms with Gasteiger partial charge in [-0.15, -0.1) is 0 Å². The average Bonchev–Trinajstić information content (AvgIpc) is 2.18. The van der Waals surface area contributed by atoms with Gasteiger partial charge in [-0.3, -0.25) is 10.1 Å². The molecule has 1 heterocycles. The molecule has 0 saturated carbocycles. The van der Waals surface area contributed by atoms with Gasteiger partial charge in [0.2, 0.25) is 0 Å². The van der Waals surface area contributed by atoms with Crippen molar-refractivity contribution in [1.82, 2.24) is 0 Å². The number of aliphatic hydroxyl groups is 1. The summed E-state index contributed by atoms with van der Waals surface area (Å²) in [6.45, 7) is 1.43. The average molecular weight is 243 g/mol. The normalized spacial score (nSPS) is 16.0. The lowest BCUT2D eigenvalue weighted by Crippen LogP contribution is -2.48. The molecule has 2 rings (SSSR count). The fourth-order valence-electron chi connectivity index (χ4n) is 1.79. The molecule has 5 nitrogen and oxygen atoms in total. The van der Waals surface area contributed by atoms with Gasteiger partial charge in [0.1, 0.15) is 5.69 Å². The summed E-state index contributed by atoms with van der Waals surface area (Å²) >= 11 is 5.72. The second-order valence-electron chi connectivity index (χ2n) is 3.84. The Morgan fingerprint density at radius 3 is 2.81 bits per heavy atom. The molecule has 0 spiro atoms. The Labute approximate surface area is 97.4 Å². The maximum atomic E-state index is 10.8. The minimum atomic E-state index is -0.437. The fourth-order valence-corrected chi connectivity index (χ4v) is 1.96. The van der Waals surface area contributed by atoms with Crippen LogP contribution in [0.1, 0.15) is 0 Å². The summed E-state index contributed by atoms with van der Waals surface area (Å²) < 4.78 is 0. The first-order chi connectivity index (χ1) is 7.61. The SMILES string of the molecule is O=[N+]([O-])c1cc(Cl)ccc1N1CC(CO)C1. The number of hydrogen-bond acceptors (Lipinski definition) is 4. The molecule has 1 aliphatic heterocycles. The molecule has 0 unspecified atom stereocenters. The van der Waals surface area contributed by atoms with E-state index in [-0.39, 0.29) is 18.2 Å². The first-order valence-electron chi connectivity index (χ1n) is 4.91. The lowest BCUT2D eigenvalue weighted by atomic mass is 10.00. The monoisotopic (exact) mass is 242 g/mol. The first kappa shape index (κ1) is 11.2. The van der Waals surface area contributed by atoms with E-state index < -0.39 is 4.92 Å². The van der Waals surface area contributed by atoms with Gasteiger partial charge in [0, 0.05) is 36.7 Å². The number of nitrogens with zero attached hydrogens (tertiary/aromatic N) is 2. The largest absolute Gasteiger partial charge is 0.396 e. The van der Waals surface area contributed by atoms with E-state index in [0.29, 0.717) is 23.8 Å². The van der Waals surface area contributed by atoms with Gasteiger partial charge in [-0.05, 0) is 12.1 Å². The zero-order valence-corrected chi connectivity index (χ0v) is 9.22. The molecule has 1 aromatic carbocycles. The van der Waals surface area contributed by atoms with E-state index in [1.54, 1.807) is 12.1 Å². The Morgan fingerprint density at radius 1 is 1.56 bits per heavy atom. The summed E-state index contributed by atoms with van der Waals surface area (Å²) in [6.07, 6.45) is 0. The first-order valence-corrected chi connectivity index (χ1v) is 5.29. The van der Waals surface area contributed by atoms with Crippen molar-refractivity contribution < 1.29 is 10.0 Å². The standard InChI is InChI=1S/C10H11ClN2O3/c11-8-1-2-9(10(3-8)13(15)16)12-4-7(5-12)6-14/h1-3,7,14H,4-6H2. The molecule has 0 radical (unpaired) electrons. The molecular weight excluding hydrogens is 232 g/mol. The highest BCUT2D eigenvalue weighted by atomic mass is 35.5. The Kier molecular flexibility index (Phi) is 2.98. The third-order valence-electron chi connectivity index (χ3n) is 2.69. The third-order valence-corrected chi connectivity index (χ3v) is 2.93. The molecule has 1 aromatic rings. The summed E-state index contributed by atoms with van der Waals surface area (Å²) in [6, 6.07) is 4.63. The van der Waals surface area contributed by atoms with Gasteiger partial charge >= 0.3 is 0 Å². The topological polar surface area (TPSA) is 66.6 Å². The summed E-state index contributed by atoms with van der Waals surface area (Å²) in [5.74, 6) is 0.218. The maximum Gasteiger partial charge on any atom is 0.294 e. The van der Waals surface area contributed by atoms with Crippen LogP contribution in [0.25, 0.3) is 0 Å². The minimum Gasteiger partial charge on any atom is -0.396 e. The number of hydrogen-bond donors (Lipinski definition) is 1. The van der Waals surface area contributed by atoms with Crippen LogP contribution in [-0.4, -0.2) is 29.7 Å². The van der Waals surface area contributed by atoms with E-state index in [0.717, 1.165) is 0 Å². The van der Waals surface area contributed by atoms with Crippen molar-refractivity contribution in [2.75, 3.05) is 24.6 Å². The Hall–Kier alpha value is -1.33. The second kappa shape index (κ2) is 4.27. The minimum absolute atomic E-state index is 0.0175. The van der Waals surface area contributed by atoms with E-state index >= 15 is 0 Å². The molecule has 1 aliphatic rings. The van der Waals surface area contributed by atoms with Crippen molar-refractivity contribution in [3.8, 4) is 0 Å². The summed E-state index contributed by atoms with van der Waals surface area (Å²) in [7, 11) is 0. The van der Waals surface area contributed by atoms with Gasteiger partial charge in [0.05, 0.1) is 4.92 Å². The molecule has 0 atom stereocenters. The van der Waals surface area contributed by atoms with E-state index in [9.17, 15) is 10.1 Å². The molecule has 6 heteroatoms. The van der Waals surface area contributed by atoms with E-state index in [4.69, 9.17) is 16.7 Å². The molecule has 0 aromatic heterocycles. The van der Waals surface area contributed by atoms with Gasteiger partial charge < -0.3 is 10.0 Å². The number of aliphatic hydroxyl groups excluding tert-OH is 1. The second-order valence-corrected chi connectivity index (χ2v) is 4.28. The van der Waals surface area contributed by atoms with Crippen LogP contribution in [0.5, 0.6) is 0 Å². The number of nitro benzene ring substituents is 1. The predicted octanol–water partition coefficient (Wildman–Crippen LogP) is 1.68. The van der Waals surface area contributed by atoms with Gasteiger partial charge in [0.15, 0.2) is 0 Å². The highest BCUT2D eigenvalue weighted by Gasteiger charge is 2.30. The molecule has 86 valence electrons. The molecule has 0 amide bonds. The van der Waals surface area contributed by atoms with Crippen molar-refractivity contribution >= 4 is 23.0 Å². The lowest BCUT2D eigenvalue weighted by Gasteiger charge is -2.39. The third kappa shape index (κ3) is 1.96. The van der Waals surface area contributed by atoms with Crippen molar-refractivity contribution in [1.29, 1.82) is 0 Å². The number of rotatable bonds is 3. The Bertz CT molecular complexity index is 419. The highest BCUT2D eigenvalue weighted by Crippen LogP contribution is 2.34. The smallest absolute Gasteiger partial charge is 0.294 e. The van der Waals surface area contributed by atoms with Crippen molar-refractivity contribution in [3.05, 3.63) is 33.3 Å². The summed E-state index contributed by atoms with van der Waals surface area (Å²) in [5.41, 5.74) is 0.586. The fraction of sp³-hybridized carbons (Fsp3) is 0.400. The number of halogens is 1. The lowest BCUT2D eigenvalue weighted by molar-refractivity contribution is -0.384. The molecule has 1 fully saturated rings. The van der Waals surface area contributed by atoms with Crippen LogP contribution in [0, 0.1) is 16.0 Å². The van der Waals surface area contributed by atoms with Crippen molar-refractivity contribution in [2.45, 2.75) is 0 Å². The van der Waals surface area contributed by atoms with E-state index in [2.05, 4.69) is 0 Å². The molecule has 16 heavy (non-hydrogen) atoms. The Balaban J connectivity index is 2.24. The molecule has 1 saturated heterocycles. The number of anilines is 1. The number of nitro groups is 1. The summed E-state index contributed by atoms with van der Waals surface area (Å²) in [5, 5.41) is 20.1. The maximum absolute atomic E-state index is 10.8. The quantitative estimate of drug-likeness (QED) is 0.647. The number of benzene rings is 1. The van der Waals surface area contributed by atoms with Gasteiger partial charge in [0.25, 0.3) is 5.69 Å². The summed E-state index contributed by atoms with van der Waals surface area (Å²) in [4.78, 5) is 12.3. The molecule has 0 aliphatic carbocycles. The van der Waals surface area contributed by atoms with Crippen LogP contribution in [-0.2, 0) is 0 Å². The van der Waals surface area contributed by atoms with Crippen LogP contribution >= 0.6 is 11.6 Å². The van der Waals surface area contributed by atoms with Crippen molar-refractivity contribution in [2.24, 2.45) is 5.92 Å². The Morgan fingerprint density at radius 2 is 2.25 bits per heavy atom. The zero-order valence-electron chi connectivity index (χ0n) is 8.47. The van der Waals surface area contributed by atoms with Crippen LogP contribution < -0.4 is 4.90 Å². The highest BCUT2D eigenvalue weighted by molar-refractivity contribution is 6.30. The van der Waals surface area contributed by atoms with E-state index in [1.807, 2.05) is 4.90 Å². The van der Waals surface area contributed by atoms with Crippen LogP contribution in [0.2, 0.25) is 5.02 Å². The van der Waals surface area contributed by atoms with Crippen molar-refractivity contribution in [3.63, 3.8) is 0 Å². The van der Waals surface area contributed by atoms with Gasteiger partial charge in [-0.1, -0.05) is 11.6 Å². The van der Waals surface area contributed by atoms with Crippen LogP contribution in [0.4, 0.5) is 11.4 Å². The van der Waals surface area contributed by atoms with Gasteiger partial charge in [-0.25, -0.2) is 0 Å². The molecule has 1 N–H and O–H groups in total. The van der Waals surface area contributed by atoms with Gasteiger partial charge in [-0.2, -0.15) is 0 Å². The zero-order chi connectivity index (χ0) is 11.7. The van der Waals surface area contributed by atoms with E-state index in [1.165, 1.54) is 6.07 Å². The predicted molar refractivity (Wildman–Crippen MR) is 60.9 cm³/mol.